The minimum Gasteiger partial charge on any atom is -0.493 e. The third kappa shape index (κ3) is 10.6. The maximum Gasteiger partial charge on any atom is 0.123 e. The molecule has 3 rings (SSSR count). The Labute approximate surface area is 212 Å². The molecule has 3 heterocycles. The van der Waals surface area contributed by atoms with Crippen LogP contribution in [0.4, 0.5) is 0 Å². The second-order valence-corrected chi connectivity index (χ2v) is 9.45. The molecular formula is C31H43N3O. The van der Waals surface area contributed by atoms with Crippen LogP contribution in [0.2, 0.25) is 0 Å². The molecule has 35 heavy (non-hydrogen) atoms. The third-order valence-electron chi connectivity index (χ3n) is 6.42. The number of rotatable bonds is 18. The summed E-state index contributed by atoms with van der Waals surface area (Å²) in [4.78, 5) is 13.7. The highest BCUT2D eigenvalue weighted by Gasteiger charge is 2.09. The van der Waals surface area contributed by atoms with Gasteiger partial charge in [0.05, 0.1) is 29.4 Å². The van der Waals surface area contributed by atoms with Crippen LogP contribution < -0.4 is 4.74 Å². The van der Waals surface area contributed by atoms with E-state index in [9.17, 15) is 0 Å². The van der Waals surface area contributed by atoms with E-state index in [0.29, 0.717) is 0 Å². The predicted molar refractivity (Wildman–Crippen MR) is 147 cm³/mol. The van der Waals surface area contributed by atoms with Gasteiger partial charge in [0.1, 0.15) is 5.75 Å². The van der Waals surface area contributed by atoms with Gasteiger partial charge in [-0.25, -0.2) is 4.98 Å². The average Bonchev–Trinajstić information content (AvgIpc) is 2.91. The van der Waals surface area contributed by atoms with Gasteiger partial charge in [-0.2, -0.15) is 0 Å². The van der Waals surface area contributed by atoms with Crippen LogP contribution in [-0.2, 0) is 0 Å². The summed E-state index contributed by atoms with van der Waals surface area (Å²) in [5.74, 6) is 0.830. The van der Waals surface area contributed by atoms with Crippen molar-refractivity contribution >= 4 is 0 Å². The summed E-state index contributed by atoms with van der Waals surface area (Å²) in [7, 11) is 0. The lowest BCUT2D eigenvalue weighted by molar-refractivity contribution is 0.304. The predicted octanol–water partition coefficient (Wildman–Crippen LogP) is 9.07. The molecule has 4 heteroatoms. The number of pyridine rings is 3. The first-order chi connectivity index (χ1) is 17.4. The van der Waals surface area contributed by atoms with Crippen molar-refractivity contribution in [3.05, 3.63) is 60.9 Å². The van der Waals surface area contributed by atoms with E-state index in [2.05, 4.69) is 16.9 Å². The largest absolute Gasteiger partial charge is 0.493 e. The molecule has 3 aromatic heterocycles. The van der Waals surface area contributed by atoms with Crippen LogP contribution >= 0.6 is 0 Å². The fraction of sp³-hybridized carbons (Fsp3) is 0.516. The van der Waals surface area contributed by atoms with Gasteiger partial charge in [0.25, 0.3) is 0 Å². The fourth-order valence-electron chi connectivity index (χ4n) is 4.37. The number of unbranched alkanes of at least 4 members (excludes halogenated alkanes) is 13. The van der Waals surface area contributed by atoms with Gasteiger partial charge in [0.15, 0.2) is 0 Å². The lowest BCUT2D eigenvalue weighted by Crippen LogP contribution is -2.00. The van der Waals surface area contributed by atoms with Crippen LogP contribution in [0, 0.1) is 0 Å². The molecule has 4 nitrogen and oxygen atoms in total. The molecule has 0 saturated heterocycles. The van der Waals surface area contributed by atoms with E-state index in [0.717, 1.165) is 41.6 Å². The van der Waals surface area contributed by atoms with Gasteiger partial charge in [0, 0.05) is 24.5 Å². The number of hydrogen-bond acceptors (Lipinski definition) is 4. The SMILES string of the molecule is CCCCCCCCCCCCCCCCOc1cc(-c2ccccn2)nc(-c2ccccn2)c1. The Kier molecular flexibility index (Phi) is 12.9. The highest BCUT2D eigenvalue weighted by Crippen LogP contribution is 2.26. The van der Waals surface area contributed by atoms with Crippen molar-refractivity contribution in [2.24, 2.45) is 0 Å². The Morgan fingerprint density at radius 1 is 0.543 bits per heavy atom. The summed E-state index contributed by atoms with van der Waals surface area (Å²) in [5.41, 5.74) is 3.30. The van der Waals surface area contributed by atoms with E-state index in [-0.39, 0.29) is 0 Å². The van der Waals surface area contributed by atoms with E-state index in [1.807, 2.05) is 48.5 Å². The molecule has 0 N–H and O–H groups in total. The molecule has 0 aliphatic heterocycles. The Morgan fingerprint density at radius 2 is 1.00 bits per heavy atom. The van der Waals surface area contributed by atoms with Gasteiger partial charge in [-0.1, -0.05) is 103 Å². The Morgan fingerprint density at radius 3 is 1.43 bits per heavy atom. The Balaban J connectivity index is 1.34. The normalized spacial score (nSPS) is 11.0. The van der Waals surface area contributed by atoms with Gasteiger partial charge in [0.2, 0.25) is 0 Å². The first-order valence-corrected chi connectivity index (χ1v) is 13.8. The lowest BCUT2D eigenvalue weighted by Gasteiger charge is -2.10. The zero-order chi connectivity index (χ0) is 24.4. The Bertz CT molecular complexity index is 873. The van der Waals surface area contributed by atoms with Crippen molar-refractivity contribution in [2.45, 2.75) is 96.8 Å². The second-order valence-electron chi connectivity index (χ2n) is 9.45. The summed E-state index contributed by atoms with van der Waals surface area (Å²) >= 11 is 0. The minimum atomic E-state index is 0.728. The van der Waals surface area contributed by atoms with Gasteiger partial charge in [-0.05, 0) is 30.7 Å². The van der Waals surface area contributed by atoms with E-state index in [1.165, 1.54) is 83.5 Å². The minimum absolute atomic E-state index is 0.728. The maximum atomic E-state index is 6.14. The average molecular weight is 474 g/mol. The molecule has 0 aromatic carbocycles. The lowest BCUT2D eigenvalue weighted by atomic mass is 10.0. The van der Waals surface area contributed by atoms with Crippen LogP contribution in [0.15, 0.2) is 60.9 Å². The van der Waals surface area contributed by atoms with Gasteiger partial charge < -0.3 is 4.74 Å². The van der Waals surface area contributed by atoms with Crippen LogP contribution in [0.25, 0.3) is 22.8 Å². The van der Waals surface area contributed by atoms with E-state index in [1.54, 1.807) is 12.4 Å². The summed E-state index contributed by atoms with van der Waals surface area (Å²) < 4.78 is 6.14. The Hall–Kier alpha value is -2.75. The van der Waals surface area contributed by atoms with Crippen molar-refractivity contribution in [2.75, 3.05) is 6.61 Å². The highest BCUT2D eigenvalue weighted by atomic mass is 16.5. The molecule has 3 aromatic rings. The third-order valence-corrected chi connectivity index (χ3v) is 6.42. The van der Waals surface area contributed by atoms with Crippen molar-refractivity contribution in [1.82, 2.24) is 15.0 Å². The van der Waals surface area contributed by atoms with E-state index < -0.39 is 0 Å². The molecule has 0 amide bonds. The molecule has 0 spiro atoms. The molecule has 188 valence electrons. The van der Waals surface area contributed by atoms with Crippen LogP contribution in [-0.4, -0.2) is 21.6 Å². The second kappa shape index (κ2) is 16.8. The van der Waals surface area contributed by atoms with Gasteiger partial charge in [-0.15, -0.1) is 0 Å². The quantitative estimate of drug-likeness (QED) is 0.173. The van der Waals surface area contributed by atoms with E-state index in [4.69, 9.17) is 9.72 Å². The molecular weight excluding hydrogens is 430 g/mol. The standard InChI is InChI=1S/C31H43N3O/c1-2-3-4-5-6-7-8-9-10-11-12-13-14-19-24-35-27-25-30(28-20-15-17-22-32-28)34-31(26-27)29-21-16-18-23-33-29/h15-18,20-23,25-26H,2-14,19,24H2,1H3. The topological polar surface area (TPSA) is 47.9 Å². The summed E-state index contributed by atoms with van der Waals surface area (Å²) in [6, 6.07) is 15.7. The fourth-order valence-corrected chi connectivity index (χ4v) is 4.37. The molecule has 0 atom stereocenters. The smallest absolute Gasteiger partial charge is 0.123 e. The van der Waals surface area contributed by atoms with Crippen LogP contribution in [0.1, 0.15) is 96.8 Å². The molecule has 0 saturated carbocycles. The monoisotopic (exact) mass is 473 g/mol. The molecule has 0 fully saturated rings. The summed E-state index contributed by atoms with van der Waals surface area (Å²) in [5, 5.41) is 0. The molecule has 0 unspecified atom stereocenters. The summed E-state index contributed by atoms with van der Waals surface area (Å²) in [6.07, 6.45) is 22.6. The summed E-state index contributed by atoms with van der Waals surface area (Å²) in [6.45, 7) is 3.01. The van der Waals surface area contributed by atoms with E-state index >= 15 is 0 Å². The highest BCUT2D eigenvalue weighted by molar-refractivity contribution is 5.64. The van der Waals surface area contributed by atoms with Crippen molar-refractivity contribution in [3.63, 3.8) is 0 Å². The zero-order valence-electron chi connectivity index (χ0n) is 21.6. The number of nitrogens with zero attached hydrogens (tertiary/aromatic N) is 3. The maximum absolute atomic E-state index is 6.14. The van der Waals surface area contributed by atoms with Crippen LogP contribution in [0.3, 0.4) is 0 Å². The number of ether oxygens (including phenoxy) is 1. The molecule has 0 aliphatic rings. The first kappa shape index (κ1) is 26.8. The van der Waals surface area contributed by atoms with Gasteiger partial charge >= 0.3 is 0 Å². The van der Waals surface area contributed by atoms with Crippen molar-refractivity contribution in [1.29, 1.82) is 0 Å². The van der Waals surface area contributed by atoms with Crippen molar-refractivity contribution < 1.29 is 4.74 Å². The van der Waals surface area contributed by atoms with Crippen LogP contribution in [0.5, 0.6) is 5.75 Å². The van der Waals surface area contributed by atoms with Gasteiger partial charge in [-0.3, -0.25) is 9.97 Å². The first-order valence-electron chi connectivity index (χ1n) is 13.8. The zero-order valence-corrected chi connectivity index (χ0v) is 21.6. The number of aromatic nitrogens is 3. The molecule has 0 radical (unpaired) electrons. The molecule has 0 aliphatic carbocycles. The number of hydrogen-bond donors (Lipinski definition) is 0. The van der Waals surface area contributed by atoms with Crippen molar-refractivity contribution in [3.8, 4) is 28.5 Å². The molecule has 0 bridgehead atoms.